The van der Waals surface area contributed by atoms with Gasteiger partial charge in [-0.3, -0.25) is 4.99 Å². The van der Waals surface area contributed by atoms with Gasteiger partial charge in [0.15, 0.2) is 5.17 Å². The molecule has 0 unspecified atom stereocenters. The predicted octanol–water partition coefficient (Wildman–Crippen LogP) is 3.92. The molecule has 0 bridgehead atoms. The largest absolute Gasteiger partial charge is 0.360 e. The van der Waals surface area contributed by atoms with Crippen LogP contribution in [0.2, 0.25) is 0 Å². The highest BCUT2D eigenvalue weighted by atomic mass is 32.2. The summed E-state index contributed by atoms with van der Waals surface area (Å²) in [5, 5.41) is 4.42. The van der Waals surface area contributed by atoms with Gasteiger partial charge in [0.05, 0.1) is 5.54 Å². The molecule has 1 saturated carbocycles. The molecule has 1 aliphatic carbocycles. The fourth-order valence-electron chi connectivity index (χ4n) is 2.89. The van der Waals surface area contributed by atoms with Crippen LogP contribution in [0.3, 0.4) is 0 Å². The van der Waals surface area contributed by atoms with Gasteiger partial charge in [-0.25, -0.2) is 4.39 Å². The van der Waals surface area contributed by atoms with E-state index in [0.717, 1.165) is 29.3 Å². The minimum absolute atomic E-state index is 0.0169. The lowest BCUT2D eigenvalue weighted by Gasteiger charge is -2.24. The van der Waals surface area contributed by atoms with E-state index in [9.17, 15) is 4.39 Å². The Bertz CT molecular complexity index is 550. The maximum Gasteiger partial charge on any atom is 0.157 e. The smallest absolute Gasteiger partial charge is 0.157 e. The molecule has 3 rings (SSSR count). The Labute approximate surface area is 124 Å². The molecule has 0 radical (unpaired) electrons. The Hall–Kier alpha value is -1.03. The molecule has 1 aromatic carbocycles. The topological polar surface area (TPSA) is 24.4 Å². The molecule has 2 nitrogen and oxygen atoms in total. The number of aliphatic imine (C=N–C) groups is 1. The van der Waals surface area contributed by atoms with Gasteiger partial charge >= 0.3 is 0 Å². The van der Waals surface area contributed by atoms with E-state index in [2.05, 4.69) is 26.1 Å². The van der Waals surface area contributed by atoms with Gasteiger partial charge in [-0.05, 0) is 45.6 Å². The van der Waals surface area contributed by atoms with E-state index in [1.165, 1.54) is 0 Å². The quantitative estimate of drug-likeness (QED) is 0.848. The van der Waals surface area contributed by atoms with Crippen molar-refractivity contribution in [2.24, 2.45) is 10.9 Å². The monoisotopic (exact) mass is 292 g/mol. The molecule has 1 heterocycles. The first-order valence-electron chi connectivity index (χ1n) is 7.17. The molecule has 4 heteroatoms. The van der Waals surface area contributed by atoms with E-state index in [1.807, 2.05) is 12.1 Å². The Balaban J connectivity index is 1.96. The van der Waals surface area contributed by atoms with Crippen LogP contribution in [0.15, 0.2) is 29.3 Å². The molecule has 0 aromatic heterocycles. The van der Waals surface area contributed by atoms with Crippen molar-refractivity contribution in [3.05, 3.63) is 35.6 Å². The Morgan fingerprint density at radius 3 is 2.80 bits per heavy atom. The van der Waals surface area contributed by atoms with Gasteiger partial charge in [0.25, 0.3) is 0 Å². The molecular formula is C16H21FN2S. The second-order valence-corrected chi connectivity index (χ2v) is 7.82. The summed E-state index contributed by atoms with van der Waals surface area (Å²) in [7, 11) is 0. The van der Waals surface area contributed by atoms with Crippen molar-refractivity contribution in [3.63, 3.8) is 0 Å². The number of fused-ring (bicyclic) bond motifs is 1. The van der Waals surface area contributed by atoms with Crippen LogP contribution in [0.25, 0.3) is 0 Å². The van der Waals surface area contributed by atoms with Gasteiger partial charge in [-0.1, -0.05) is 30.0 Å². The molecule has 1 N–H and O–H groups in total. The zero-order valence-electron chi connectivity index (χ0n) is 12.2. The van der Waals surface area contributed by atoms with E-state index in [4.69, 9.17) is 4.99 Å². The lowest BCUT2D eigenvalue weighted by atomic mass is 10.0. The van der Waals surface area contributed by atoms with Gasteiger partial charge in [0.2, 0.25) is 0 Å². The molecule has 1 aliphatic heterocycles. The number of nitrogens with one attached hydrogen (secondary N) is 1. The SMILES string of the molecule is CC(C)(C)NC1=N[C@@]2(c3ccccc3F)C[C@H]2CCS1. The van der Waals surface area contributed by atoms with E-state index in [0.29, 0.717) is 5.92 Å². The zero-order chi connectivity index (χ0) is 14.4. The lowest BCUT2D eigenvalue weighted by Crippen LogP contribution is -2.39. The number of thioether (sulfide) groups is 1. The lowest BCUT2D eigenvalue weighted by molar-refractivity contribution is 0.508. The van der Waals surface area contributed by atoms with Gasteiger partial charge in [0.1, 0.15) is 5.82 Å². The minimum atomic E-state index is -0.317. The van der Waals surface area contributed by atoms with Crippen LogP contribution < -0.4 is 5.32 Å². The average Bonchev–Trinajstić information content (AvgIpc) is 3.02. The molecule has 20 heavy (non-hydrogen) atoms. The zero-order valence-corrected chi connectivity index (χ0v) is 13.1. The summed E-state index contributed by atoms with van der Waals surface area (Å²) in [6.07, 6.45) is 2.08. The van der Waals surface area contributed by atoms with E-state index in [1.54, 1.807) is 23.9 Å². The summed E-state index contributed by atoms with van der Waals surface area (Å²) >= 11 is 1.76. The second-order valence-electron chi connectivity index (χ2n) is 6.73. The van der Waals surface area contributed by atoms with Crippen LogP contribution in [-0.4, -0.2) is 16.5 Å². The summed E-state index contributed by atoms with van der Waals surface area (Å²) in [6.45, 7) is 6.38. The van der Waals surface area contributed by atoms with Crippen LogP contribution in [0.1, 0.15) is 39.2 Å². The summed E-state index contributed by atoms with van der Waals surface area (Å²) in [5.74, 6) is 1.43. The highest BCUT2D eigenvalue weighted by Crippen LogP contribution is 2.59. The van der Waals surface area contributed by atoms with Crippen molar-refractivity contribution >= 4 is 16.9 Å². The maximum atomic E-state index is 14.1. The minimum Gasteiger partial charge on any atom is -0.360 e. The Morgan fingerprint density at radius 2 is 2.10 bits per heavy atom. The fourth-order valence-corrected chi connectivity index (χ4v) is 4.09. The molecule has 108 valence electrons. The number of halogens is 1. The predicted molar refractivity (Wildman–Crippen MR) is 83.6 cm³/mol. The standard InChI is InChI=1S/C16H21FN2S/c1-15(2,3)18-14-19-16(10-11(16)8-9-20-14)12-6-4-5-7-13(12)17/h4-7,11H,8-10H2,1-3H3,(H,18,19)/t11-,16+/m1/s1. The molecule has 2 aliphatic rings. The number of hydrogen-bond acceptors (Lipinski definition) is 3. The number of nitrogens with zero attached hydrogens (tertiary/aromatic N) is 1. The van der Waals surface area contributed by atoms with Gasteiger partial charge in [0, 0.05) is 16.9 Å². The third-order valence-corrected chi connectivity index (χ3v) is 4.81. The maximum absolute atomic E-state index is 14.1. The fraction of sp³-hybridized carbons (Fsp3) is 0.562. The first-order valence-corrected chi connectivity index (χ1v) is 8.15. The Kier molecular flexibility index (Phi) is 3.32. The van der Waals surface area contributed by atoms with Crippen molar-refractivity contribution < 1.29 is 4.39 Å². The molecule has 0 amide bonds. The van der Waals surface area contributed by atoms with Crippen LogP contribution in [0.5, 0.6) is 0 Å². The normalized spacial score (nSPS) is 29.2. The van der Waals surface area contributed by atoms with Crippen molar-refractivity contribution in [1.82, 2.24) is 5.32 Å². The van der Waals surface area contributed by atoms with Gasteiger partial charge in [-0.15, -0.1) is 0 Å². The molecule has 1 aromatic rings. The van der Waals surface area contributed by atoms with Crippen LogP contribution >= 0.6 is 11.8 Å². The molecule has 0 saturated heterocycles. The first kappa shape index (κ1) is 13.9. The van der Waals surface area contributed by atoms with E-state index >= 15 is 0 Å². The van der Waals surface area contributed by atoms with Crippen molar-refractivity contribution in [2.75, 3.05) is 5.75 Å². The third-order valence-electron chi connectivity index (χ3n) is 3.90. The average molecular weight is 292 g/mol. The van der Waals surface area contributed by atoms with Gasteiger partial charge < -0.3 is 5.32 Å². The van der Waals surface area contributed by atoms with Crippen molar-refractivity contribution in [3.8, 4) is 0 Å². The Morgan fingerprint density at radius 1 is 1.35 bits per heavy atom. The van der Waals surface area contributed by atoms with Crippen molar-refractivity contribution in [2.45, 2.75) is 44.7 Å². The number of amidine groups is 1. The molecular weight excluding hydrogens is 271 g/mol. The molecule has 2 atom stereocenters. The molecule has 1 fully saturated rings. The van der Waals surface area contributed by atoms with Crippen LogP contribution in [-0.2, 0) is 5.54 Å². The van der Waals surface area contributed by atoms with Crippen molar-refractivity contribution in [1.29, 1.82) is 0 Å². The van der Waals surface area contributed by atoms with Crippen LogP contribution in [0, 0.1) is 11.7 Å². The summed E-state index contributed by atoms with van der Waals surface area (Å²) in [4.78, 5) is 4.93. The molecule has 0 spiro atoms. The van der Waals surface area contributed by atoms with Crippen LogP contribution in [0.4, 0.5) is 4.39 Å². The second kappa shape index (κ2) is 4.76. The summed E-state index contributed by atoms with van der Waals surface area (Å²) in [6, 6.07) is 7.09. The highest BCUT2D eigenvalue weighted by Gasteiger charge is 2.57. The first-order chi connectivity index (χ1) is 9.41. The summed E-state index contributed by atoms with van der Waals surface area (Å²) in [5.41, 5.74) is 0.431. The third kappa shape index (κ3) is 2.58. The van der Waals surface area contributed by atoms with E-state index < -0.39 is 0 Å². The highest BCUT2D eigenvalue weighted by molar-refractivity contribution is 8.13. The summed E-state index contributed by atoms with van der Waals surface area (Å²) < 4.78 is 14.1. The van der Waals surface area contributed by atoms with E-state index in [-0.39, 0.29) is 16.9 Å². The van der Waals surface area contributed by atoms with Gasteiger partial charge in [-0.2, -0.15) is 0 Å². The number of hydrogen-bond donors (Lipinski definition) is 1. The number of benzene rings is 1. The number of rotatable bonds is 1.